The Morgan fingerprint density at radius 2 is 1.26 bits per heavy atom. The molecule has 2 nitrogen and oxygen atoms in total. The summed E-state index contributed by atoms with van der Waals surface area (Å²) in [4.78, 5) is 0. The fourth-order valence-electron chi connectivity index (χ4n) is 2.54. The van der Waals surface area contributed by atoms with Crippen LogP contribution in [0.25, 0.3) is 22.3 Å². The number of rotatable bonds is 4. The van der Waals surface area contributed by atoms with E-state index in [0.717, 1.165) is 27.8 Å². The summed E-state index contributed by atoms with van der Waals surface area (Å²) in [5.74, 6) is -0.132. The first-order chi connectivity index (χ1) is 11.1. The molecular weight excluding hydrogens is 311 g/mol. The number of halogens is 1. The van der Waals surface area contributed by atoms with Crippen LogP contribution in [0.4, 0.5) is 4.39 Å². The standard InChI is InChI=1S/C19H15FO2S/c20-17-11-9-16(10-12-17)19-4-2-1-3-18(19)15-7-5-14(6-8-15)13-23(21)22/h1-12H,13H2,(H,21,22). The molecule has 4 heteroatoms. The highest BCUT2D eigenvalue weighted by atomic mass is 32.2. The normalized spacial score (nSPS) is 12.1. The second-order valence-corrected chi connectivity index (χ2v) is 6.15. The van der Waals surface area contributed by atoms with E-state index in [1.807, 2.05) is 48.5 Å². The van der Waals surface area contributed by atoms with Crippen molar-refractivity contribution in [3.63, 3.8) is 0 Å². The molecule has 0 saturated heterocycles. The van der Waals surface area contributed by atoms with Crippen LogP contribution in [0.3, 0.4) is 0 Å². The first kappa shape index (κ1) is 15.6. The number of hydrogen-bond acceptors (Lipinski definition) is 1. The molecule has 3 aromatic carbocycles. The van der Waals surface area contributed by atoms with Gasteiger partial charge in [0.25, 0.3) is 0 Å². The van der Waals surface area contributed by atoms with Gasteiger partial charge in [-0.1, -0.05) is 60.7 Å². The van der Waals surface area contributed by atoms with Crippen molar-refractivity contribution in [1.82, 2.24) is 0 Å². The Bertz CT molecular complexity index is 827. The van der Waals surface area contributed by atoms with E-state index < -0.39 is 11.1 Å². The van der Waals surface area contributed by atoms with Crippen molar-refractivity contribution in [3.05, 3.63) is 84.2 Å². The van der Waals surface area contributed by atoms with Gasteiger partial charge in [0.2, 0.25) is 0 Å². The lowest BCUT2D eigenvalue weighted by Crippen LogP contribution is -1.92. The quantitative estimate of drug-likeness (QED) is 0.694. The molecule has 0 radical (unpaired) electrons. The fourth-order valence-corrected chi connectivity index (χ4v) is 3.02. The minimum atomic E-state index is -1.84. The summed E-state index contributed by atoms with van der Waals surface area (Å²) in [5, 5.41) is 0. The molecule has 23 heavy (non-hydrogen) atoms. The summed E-state index contributed by atoms with van der Waals surface area (Å²) >= 11 is -1.84. The van der Waals surface area contributed by atoms with E-state index in [4.69, 9.17) is 4.55 Å². The summed E-state index contributed by atoms with van der Waals surface area (Å²) in [6, 6.07) is 21.9. The SMILES string of the molecule is O=S(O)Cc1ccc(-c2ccccc2-c2ccc(F)cc2)cc1. The van der Waals surface area contributed by atoms with Crippen LogP contribution in [0, 0.1) is 5.82 Å². The van der Waals surface area contributed by atoms with Crippen LogP contribution in [0.5, 0.6) is 0 Å². The van der Waals surface area contributed by atoms with Gasteiger partial charge in [0.05, 0.1) is 5.75 Å². The van der Waals surface area contributed by atoms with E-state index in [0.29, 0.717) is 0 Å². The Morgan fingerprint density at radius 1 is 0.783 bits per heavy atom. The van der Waals surface area contributed by atoms with Crippen molar-refractivity contribution in [2.24, 2.45) is 0 Å². The summed E-state index contributed by atoms with van der Waals surface area (Å²) in [7, 11) is 0. The average molecular weight is 326 g/mol. The Labute approximate surface area is 136 Å². The van der Waals surface area contributed by atoms with Crippen molar-refractivity contribution in [2.75, 3.05) is 0 Å². The maximum Gasteiger partial charge on any atom is 0.157 e. The van der Waals surface area contributed by atoms with Gasteiger partial charge in [-0.25, -0.2) is 8.60 Å². The van der Waals surface area contributed by atoms with E-state index in [-0.39, 0.29) is 11.6 Å². The zero-order valence-corrected chi connectivity index (χ0v) is 13.1. The molecule has 0 bridgehead atoms. The number of benzene rings is 3. The summed E-state index contributed by atoms with van der Waals surface area (Å²) in [6.07, 6.45) is 0. The van der Waals surface area contributed by atoms with Crippen LogP contribution in [0.1, 0.15) is 5.56 Å². The molecule has 1 N–H and O–H groups in total. The zero-order valence-electron chi connectivity index (χ0n) is 12.3. The van der Waals surface area contributed by atoms with E-state index in [9.17, 15) is 8.60 Å². The molecule has 3 rings (SSSR count). The van der Waals surface area contributed by atoms with E-state index in [1.165, 1.54) is 12.1 Å². The lowest BCUT2D eigenvalue weighted by molar-refractivity contribution is 0.563. The molecule has 0 aromatic heterocycles. The van der Waals surface area contributed by atoms with Crippen LogP contribution in [0.2, 0.25) is 0 Å². The van der Waals surface area contributed by atoms with Crippen molar-refractivity contribution >= 4 is 11.1 Å². The summed E-state index contributed by atoms with van der Waals surface area (Å²) in [5.41, 5.74) is 4.83. The van der Waals surface area contributed by atoms with Crippen molar-refractivity contribution in [1.29, 1.82) is 0 Å². The number of hydrogen-bond donors (Lipinski definition) is 1. The second-order valence-electron chi connectivity index (χ2n) is 5.22. The minimum Gasteiger partial charge on any atom is -0.306 e. The molecule has 0 aliphatic heterocycles. The molecule has 1 atom stereocenters. The third kappa shape index (κ3) is 3.73. The molecule has 3 aromatic rings. The van der Waals surface area contributed by atoms with Crippen LogP contribution in [-0.4, -0.2) is 8.76 Å². The Balaban J connectivity index is 2.00. The lowest BCUT2D eigenvalue weighted by atomic mass is 9.94. The van der Waals surface area contributed by atoms with Gasteiger partial charge in [0.15, 0.2) is 11.1 Å². The third-order valence-corrected chi connectivity index (χ3v) is 4.22. The van der Waals surface area contributed by atoms with Crippen molar-refractivity contribution in [3.8, 4) is 22.3 Å². The van der Waals surface area contributed by atoms with Crippen LogP contribution >= 0.6 is 0 Å². The second kappa shape index (κ2) is 6.86. The van der Waals surface area contributed by atoms with Gasteiger partial charge in [-0.15, -0.1) is 0 Å². The zero-order chi connectivity index (χ0) is 16.2. The van der Waals surface area contributed by atoms with E-state index in [1.54, 1.807) is 12.1 Å². The highest BCUT2D eigenvalue weighted by molar-refractivity contribution is 7.78. The highest BCUT2D eigenvalue weighted by Gasteiger charge is 2.07. The van der Waals surface area contributed by atoms with Crippen LogP contribution in [0.15, 0.2) is 72.8 Å². The monoisotopic (exact) mass is 326 g/mol. The van der Waals surface area contributed by atoms with Crippen molar-refractivity contribution in [2.45, 2.75) is 5.75 Å². The largest absolute Gasteiger partial charge is 0.306 e. The van der Waals surface area contributed by atoms with Gasteiger partial charge < -0.3 is 4.55 Å². The minimum absolute atomic E-state index is 0.125. The molecule has 0 heterocycles. The van der Waals surface area contributed by atoms with Crippen LogP contribution in [-0.2, 0) is 16.8 Å². The summed E-state index contributed by atoms with van der Waals surface area (Å²) in [6.45, 7) is 0. The van der Waals surface area contributed by atoms with Gasteiger partial charge in [0.1, 0.15) is 5.82 Å². The molecule has 116 valence electrons. The molecule has 1 unspecified atom stereocenters. The smallest absolute Gasteiger partial charge is 0.157 e. The van der Waals surface area contributed by atoms with Crippen LogP contribution < -0.4 is 0 Å². The molecule has 0 saturated carbocycles. The van der Waals surface area contributed by atoms with Gasteiger partial charge in [-0.3, -0.25) is 0 Å². The summed E-state index contributed by atoms with van der Waals surface area (Å²) < 4.78 is 32.9. The molecule has 0 fully saturated rings. The average Bonchev–Trinajstić information content (AvgIpc) is 2.56. The predicted molar refractivity (Wildman–Crippen MR) is 91.7 cm³/mol. The topological polar surface area (TPSA) is 37.3 Å². The fraction of sp³-hybridized carbons (Fsp3) is 0.0526. The maximum absolute atomic E-state index is 13.1. The van der Waals surface area contributed by atoms with Gasteiger partial charge in [-0.05, 0) is 39.9 Å². The Kier molecular flexibility index (Phi) is 4.65. The Hall–Kier alpha value is -2.30. The maximum atomic E-state index is 13.1. The van der Waals surface area contributed by atoms with Crippen molar-refractivity contribution < 1.29 is 13.2 Å². The molecule has 0 amide bonds. The van der Waals surface area contributed by atoms with Gasteiger partial charge in [0, 0.05) is 0 Å². The first-order valence-corrected chi connectivity index (χ1v) is 8.43. The molecule has 0 aliphatic carbocycles. The molecular formula is C19H15FO2S. The van der Waals surface area contributed by atoms with Gasteiger partial charge >= 0.3 is 0 Å². The first-order valence-electron chi connectivity index (χ1n) is 7.15. The van der Waals surface area contributed by atoms with E-state index in [2.05, 4.69) is 0 Å². The molecule has 0 spiro atoms. The Morgan fingerprint density at radius 3 is 1.74 bits per heavy atom. The third-order valence-electron chi connectivity index (χ3n) is 3.64. The predicted octanol–water partition coefficient (Wildman–Crippen LogP) is 4.88. The van der Waals surface area contributed by atoms with E-state index >= 15 is 0 Å². The highest BCUT2D eigenvalue weighted by Crippen LogP contribution is 2.32. The lowest BCUT2D eigenvalue weighted by Gasteiger charge is -2.10. The molecule has 0 aliphatic rings. The van der Waals surface area contributed by atoms with Gasteiger partial charge in [-0.2, -0.15) is 0 Å².